The lowest BCUT2D eigenvalue weighted by molar-refractivity contribution is -0.0824. The standard InChI is InChI=1S/C13H17NO2S2/c1-2-13(16)7-14(8-13)12(15)11-5-9-6-17-4-3-10(9)18-11/h5,16H,2-4,6-8H2,1H3. The topological polar surface area (TPSA) is 40.5 Å². The molecule has 3 rings (SSSR count). The fraction of sp³-hybridized carbons (Fsp3) is 0.615. The summed E-state index contributed by atoms with van der Waals surface area (Å²) in [7, 11) is 0. The Morgan fingerprint density at radius 2 is 2.33 bits per heavy atom. The highest BCUT2D eigenvalue weighted by molar-refractivity contribution is 7.98. The van der Waals surface area contributed by atoms with E-state index in [1.807, 2.05) is 18.7 Å². The predicted molar refractivity (Wildman–Crippen MR) is 75.3 cm³/mol. The molecule has 0 unspecified atom stereocenters. The Hall–Kier alpha value is -0.520. The van der Waals surface area contributed by atoms with E-state index >= 15 is 0 Å². The molecule has 5 heteroatoms. The molecule has 2 aliphatic rings. The minimum atomic E-state index is -0.637. The van der Waals surface area contributed by atoms with E-state index in [0.29, 0.717) is 19.5 Å². The van der Waals surface area contributed by atoms with Crippen LogP contribution in [-0.2, 0) is 12.2 Å². The summed E-state index contributed by atoms with van der Waals surface area (Å²) in [6.07, 6.45) is 1.81. The molecule has 1 aromatic heterocycles. The van der Waals surface area contributed by atoms with E-state index in [4.69, 9.17) is 0 Å². The first-order valence-electron chi connectivity index (χ1n) is 6.32. The lowest BCUT2D eigenvalue weighted by atomic mass is 9.91. The molecule has 3 heterocycles. The number of likely N-dealkylation sites (tertiary alicyclic amines) is 1. The molecule has 3 nitrogen and oxygen atoms in total. The molecule has 0 aliphatic carbocycles. The summed E-state index contributed by atoms with van der Waals surface area (Å²) in [5.74, 6) is 2.30. The van der Waals surface area contributed by atoms with Crippen molar-refractivity contribution in [3.8, 4) is 0 Å². The Morgan fingerprint density at radius 1 is 1.56 bits per heavy atom. The number of thiophene rings is 1. The van der Waals surface area contributed by atoms with Crippen molar-refractivity contribution in [3.05, 3.63) is 21.4 Å². The molecule has 98 valence electrons. The van der Waals surface area contributed by atoms with Crippen molar-refractivity contribution in [1.29, 1.82) is 0 Å². The zero-order valence-electron chi connectivity index (χ0n) is 10.4. The number of aliphatic hydroxyl groups is 1. The van der Waals surface area contributed by atoms with E-state index in [-0.39, 0.29) is 5.91 Å². The van der Waals surface area contributed by atoms with Crippen molar-refractivity contribution in [2.24, 2.45) is 0 Å². The van der Waals surface area contributed by atoms with Gasteiger partial charge in [0.1, 0.15) is 0 Å². The number of hydrogen-bond acceptors (Lipinski definition) is 4. The molecule has 0 saturated carbocycles. The van der Waals surface area contributed by atoms with Crippen LogP contribution >= 0.6 is 23.1 Å². The molecule has 0 aromatic carbocycles. The van der Waals surface area contributed by atoms with E-state index < -0.39 is 5.60 Å². The second-order valence-electron chi connectivity index (χ2n) is 5.10. The highest BCUT2D eigenvalue weighted by Crippen LogP contribution is 2.34. The molecule has 0 spiro atoms. The lowest BCUT2D eigenvalue weighted by Crippen LogP contribution is -2.63. The first kappa shape index (κ1) is 12.5. The van der Waals surface area contributed by atoms with Gasteiger partial charge in [-0.15, -0.1) is 11.3 Å². The Kier molecular flexibility index (Phi) is 3.16. The zero-order chi connectivity index (χ0) is 12.8. The molecular formula is C13H17NO2S2. The van der Waals surface area contributed by atoms with E-state index in [9.17, 15) is 9.90 Å². The largest absolute Gasteiger partial charge is 0.386 e. The predicted octanol–water partition coefficient (Wildman–Crippen LogP) is 2.13. The van der Waals surface area contributed by atoms with Crippen LogP contribution in [0.1, 0.15) is 33.5 Å². The van der Waals surface area contributed by atoms with Crippen molar-refractivity contribution < 1.29 is 9.90 Å². The summed E-state index contributed by atoms with van der Waals surface area (Å²) < 4.78 is 0. The molecule has 18 heavy (non-hydrogen) atoms. The molecule has 0 radical (unpaired) electrons. The number of hydrogen-bond donors (Lipinski definition) is 1. The van der Waals surface area contributed by atoms with Crippen molar-refractivity contribution in [2.45, 2.75) is 31.1 Å². The summed E-state index contributed by atoms with van der Waals surface area (Å²) in [5.41, 5.74) is 0.702. The zero-order valence-corrected chi connectivity index (χ0v) is 12.1. The third-order valence-electron chi connectivity index (χ3n) is 3.75. The third kappa shape index (κ3) is 2.08. The molecule has 1 N–H and O–H groups in total. The highest BCUT2D eigenvalue weighted by Gasteiger charge is 2.42. The quantitative estimate of drug-likeness (QED) is 0.904. The second-order valence-corrected chi connectivity index (χ2v) is 7.34. The fourth-order valence-electron chi connectivity index (χ4n) is 2.44. The summed E-state index contributed by atoms with van der Waals surface area (Å²) in [6.45, 7) is 2.93. The van der Waals surface area contributed by atoms with Crippen LogP contribution in [0.5, 0.6) is 0 Å². The first-order valence-corrected chi connectivity index (χ1v) is 8.29. The average Bonchev–Trinajstić information content (AvgIpc) is 2.77. The number of carbonyl (C=O) groups is 1. The minimum Gasteiger partial charge on any atom is -0.386 e. The van der Waals surface area contributed by atoms with Crippen LogP contribution in [0.25, 0.3) is 0 Å². The molecular weight excluding hydrogens is 266 g/mol. The van der Waals surface area contributed by atoms with Gasteiger partial charge in [0.05, 0.1) is 23.6 Å². The van der Waals surface area contributed by atoms with E-state index in [1.165, 1.54) is 16.2 Å². The van der Waals surface area contributed by atoms with E-state index in [1.54, 1.807) is 16.2 Å². The van der Waals surface area contributed by atoms with Gasteiger partial charge in [-0.2, -0.15) is 11.8 Å². The third-order valence-corrected chi connectivity index (χ3v) is 5.99. The van der Waals surface area contributed by atoms with Gasteiger partial charge in [0.2, 0.25) is 0 Å². The van der Waals surface area contributed by atoms with Crippen LogP contribution in [-0.4, -0.2) is 40.4 Å². The van der Waals surface area contributed by atoms with E-state index in [0.717, 1.165) is 17.1 Å². The number of fused-ring (bicyclic) bond motifs is 1. The molecule has 1 saturated heterocycles. The van der Waals surface area contributed by atoms with Crippen LogP contribution in [0.15, 0.2) is 6.07 Å². The van der Waals surface area contributed by atoms with Crippen molar-refractivity contribution in [2.75, 3.05) is 18.8 Å². The summed E-state index contributed by atoms with van der Waals surface area (Å²) in [6, 6.07) is 2.05. The van der Waals surface area contributed by atoms with Crippen molar-refractivity contribution in [3.63, 3.8) is 0 Å². The Labute approximate surface area is 115 Å². The van der Waals surface area contributed by atoms with Crippen LogP contribution in [0.3, 0.4) is 0 Å². The van der Waals surface area contributed by atoms with Crippen LogP contribution in [0.2, 0.25) is 0 Å². The molecule has 0 atom stereocenters. The molecule has 1 amide bonds. The maximum atomic E-state index is 12.3. The lowest BCUT2D eigenvalue weighted by Gasteiger charge is -2.45. The summed E-state index contributed by atoms with van der Waals surface area (Å²) >= 11 is 3.58. The van der Waals surface area contributed by atoms with Gasteiger partial charge in [0, 0.05) is 10.6 Å². The molecule has 1 aromatic rings. The van der Waals surface area contributed by atoms with Gasteiger partial charge in [0.25, 0.3) is 5.91 Å². The van der Waals surface area contributed by atoms with Gasteiger partial charge in [-0.05, 0) is 30.2 Å². The highest BCUT2D eigenvalue weighted by atomic mass is 32.2. The Bertz CT molecular complexity index is 454. The minimum absolute atomic E-state index is 0.0949. The van der Waals surface area contributed by atoms with Gasteiger partial charge in [-0.25, -0.2) is 0 Å². The maximum absolute atomic E-state index is 12.3. The fourth-order valence-corrected chi connectivity index (χ4v) is 4.78. The van der Waals surface area contributed by atoms with Gasteiger partial charge in [0.15, 0.2) is 0 Å². The van der Waals surface area contributed by atoms with Crippen LogP contribution in [0.4, 0.5) is 0 Å². The number of nitrogens with zero attached hydrogens (tertiary/aromatic N) is 1. The van der Waals surface area contributed by atoms with Gasteiger partial charge in [-0.3, -0.25) is 4.79 Å². The number of rotatable bonds is 2. The summed E-state index contributed by atoms with van der Waals surface area (Å²) in [4.78, 5) is 16.3. The monoisotopic (exact) mass is 283 g/mol. The van der Waals surface area contributed by atoms with Gasteiger partial charge in [-0.1, -0.05) is 6.92 Å². The normalized spacial score (nSPS) is 21.3. The molecule has 0 bridgehead atoms. The second kappa shape index (κ2) is 4.54. The molecule has 2 aliphatic heterocycles. The SMILES string of the molecule is CCC1(O)CN(C(=O)c2cc3c(s2)CCSC3)C1. The molecule has 1 fully saturated rings. The van der Waals surface area contributed by atoms with Gasteiger partial charge >= 0.3 is 0 Å². The van der Waals surface area contributed by atoms with Crippen molar-refractivity contribution >= 4 is 29.0 Å². The average molecular weight is 283 g/mol. The van der Waals surface area contributed by atoms with Crippen molar-refractivity contribution in [1.82, 2.24) is 4.90 Å². The number of amides is 1. The maximum Gasteiger partial charge on any atom is 0.264 e. The summed E-state index contributed by atoms with van der Waals surface area (Å²) in [5, 5.41) is 9.95. The Balaban J connectivity index is 1.72. The number of aryl methyl sites for hydroxylation is 1. The smallest absolute Gasteiger partial charge is 0.264 e. The van der Waals surface area contributed by atoms with Crippen LogP contribution in [0, 0.1) is 0 Å². The number of β-amino-alcohol motifs (C(OH)–C–C–N with tert-alkyl or cyclic N) is 1. The number of carbonyl (C=O) groups excluding carboxylic acids is 1. The van der Waals surface area contributed by atoms with Crippen LogP contribution < -0.4 is 0 Å². The van der Waals surface area contributed by atoms with Gasteiger partial charge < -0.3 is 10.0 Å². The number of thioether (sulfide) groups is 1. The van der Waals surface area contributed by atoms with E-state index in [2.05, 4.69) is 6.07 Å². The Morgan fingerprint density at radius 3 is 3.00 bits per heavy atom. The first-order chi connectivity index (χ1) is 8.61.